The van der Waals surface area contributed by atoms with Crippen LogP contribution in [0.3, 0.4) is 0 Å². The molecule has 0 saturated heterocycles. The quantitative estimate of drug-likeness (QED) is 0.607. The smallest absolute Gasteiger partial charge is 0.0543 e. The molecule has 2 heteroatoms. The van der Waals surface area contributed by atoms with Crippen molar-refractivity contribution in [2.75, 3.05) is 7.05 Å². The summed E-state index contributed by atoms with van der Waals surface area (Å²) in [7, 11) is 5.65. The topological polar surface area (TPSA) is 16.1 Å². The Hall–Kier alpha value is -0.890. The molecule has 0 spiro atoms. The standard InChI is InChI=1S/C8H11N2/c1-10(2)7-8-5-3-4-6-9-8/h3-6H,1,7H2,2H3. The summed E-state index contributed by atoms with van der Waals surface area (Å²) < 4.78 is 0. The van der Waals surface area contributed by atoms with Crippen LogP contribution < -0.4 is 0 Å². The first-order valence-electron chi connectivity index (χ1n) is 3.20. The Morgan fingerprint density at radius 3 is 2.90 bits per heavy atom. The lowest BCUT2D eigenvalue weighted by molar-refractivity contribution is 0.438. The average molecular weight is 135 g/mol. The van der Waals surface area contributed by atoms with Gasteiger partial charge in [0.2, 0.25) is 0 Å². The average Bonchev–Trinajstić information content (AvgIpc) is 1.88. The normalized spacial score (nSPS) is 10.3. The first kappa shape index (κ1) is 7.22. The van der Waals surface area contributed by atoms with E-state index in [1.807, 2.05) is 30.1 Å². The molecule has 53 valence electrons. The summed E-state index contributed by atoms with van der Waals surface area (Å²) >= 11 is 0. The fraction of sp³-hybridized carbons (Fsp3) is 0.250. The van der Waals surface area contributed by atoms with Gasteiger partial charge in [-0.15, -0.1) is 0 Å². The molecule has 1 aromatic rings. The van der Waals surface area contributed by atoms with Crippen LogP contribution in [0.5, 0.6) is 0 Å². The van der Waals surface area contributed by atoms with Crippen molar-refractivity contribution >= 4 is 0 Å². The molecule has 0 bridgehead atoms. The first-order chi connectivity index (χ1) is 4.79. The van der Waals surface area contributed by atoms with Gasteiger partial charge in [0.25, 0.3) is 0 Å². The molecule has 1 aromatic heterocycles. The minimum Gasteiger partial charge on any atom is -0.299 e. The molecule has 0 aliphatic rings. The largest absolute Gasteiger partial charge is 0.299 e. The molecule has 0 amide bonds. The third-order valence-electron chi connectivity index (χ3n) is 1.16. The molecule has 0 unspecified atom stereocenters. The maximum Gasteiger partial charge on any atom is 0.0543 e. The molecule has 0 aromatic carbocycles. The Kier molecular flexibility index (Phi) is 2.40. The summed E-state index contributed by atoms with van der Waals surface area (Å²) in [5, 5.41) is 0. The molecule has 0 aliphatic heterocycles. The molecular formula is C8H11N2. The number of nitrogens with zero attached hydrogens (tertiary/aromatic N) is 2. The van der Waals surface area contributed by atoms with Gasteiger partial charge in [0.1, 0.15) is 0 Å². The Bertz CT molecular complexity index is 182. The van der Waals surface area contributed by atoms with Crippen molar-refractivity contribution in [3.05, 3.63) is 37.1 Å². The van der Waals surface area contributed by atoms with Gasteiger partial charge in [-0.3, -0.25) is 9.88 Å². The van der Waals surface area contributed by atoms with E-state index in [1.165, 1.54) is 0 Å². The highest BCUT2D eigenvalue weighted by Gasteiger charge is 1.92. The van der Waals surface area contributed by atoms with E-state index in [0.717, 1.165) is 12.2 Å². The van der Waals surface area contributed by atoms with Crippen LogP contribution in [0.1, 0.15) is 5.69 Å². The molecule has 0 saturated carbocycles. The summed E-state index contributed by atoms with van der Waals surface area (Å²) in [4.78, 5) is 5.99. The molecule has 10 heavy (non-hydrogen) atoms. The van der Waals surface area contributed by atoms with Gasteiger partial charge in [-0.25, -0.2) is 0 Å². The van der Waals surface area contributed by atoms with Crippen LogP contribution in [0.4, 0.5) is 0 Å². The Morgan fingerprint density at radius 2 is 2.40 bits per heavy atom. The van der Waals surface area contributed by atoms with Gasteiger partial charge in [-0.1, -0.05) is 6.07 Å². The predicted molar refractivity (Wildman–Crippen MR) is 41.1 cm³/mol. The van der Waals surface area contributed by atoms with Crippen LogP contribution in [0, 0.1) is 7.05 Å². The number of hydrogen-bond donors (Lipinski definition) is 0. The van der Waals surface area contributed by atoms with Crippen LogP contribution in [0.25, 0.3) is 0 Å². The van der Waals surface area contributed by atoms with Crippen molar-refractivity contribution in [2.24, 2.45) is 0 Å². The molecule has 1 heterocycles. The van der Waals surface area contributed by atoms with Crippen molar-refractivity contribution in [1.29, 1.82) is 0 Å². The van der Waals surface area contributed by atoms with Gasteiger partial charge in [-0.2, -0.15) is 0 Å². The summed E-state index contributed by atoms with van der Waals surface area (Å²) in [6.07, 6.45) is 1.79. The highest BCUT2D eigenvalue weighted by atomic mass is 15.1. The van der Waals surface area contributed by atoms with Gasteiger partial charge in [0, 0.05) is 19.8 Å². The van der Waals surface area contributed by atoms with Crippen molar-refractivity contribution in [1.82, 2.24) is 9.88 Å². The van der Waals surface area contributed by atoms with E-state index in [0.29, 0.717) is 0 Å². The van der Waals surface area contributed by atoms with E-state index >= 15 is 0 Å². The van der Waals surface area contributed by atoms with Gasteiger partial charge in [0.05, 0.1) is 5.69 Å². The minimum absolute atomic E-state index is 0.806. The highest BCUT2D eigenvalue weighted by molar-refractivity contribution is 5.02. The molecule has 0 fully saturated rings. The fourth-order valence-corrected chi connectivity index (χ4v) is 0.768. The monoisotopic (exact) mass is 135 g/mol. The third kappa shape index (κ3) is 2.15. The van der Waals surface area contributed by atoms with Crippen molar-refractivity contribution in [2.45, 2.75) is 6.54 Å². The zero-order valence-corrected chi connectivity index (χ0v) is 6.12. The van der Waals surface area contributed by atoms with Crippen LogP contribution >= 0.6 is 0 Å². The summed E-state index contributed by atoms with van der Waals surface area (Å²) in [5.74, 6) is 0. The molecular weight excluding hydrogens is 124 g/mol. The molecule has 0 N–H and O–H groups in total. The van der Waals surface area contributed by atoms with Crippen LogP contribution in [0.2, 0.25) is 0 Å². The zero-order chi connectivity index (χ0) is 7.40. The highest BCUT2D eigenvalue weighted by Crippen LogP contribution is 1.95. The fourth-order valence-electron chi connectivity index (χ4n) is 0.768. The zero-order valence-electron chi connectivity index (χ0n) is 6.12. The van der Waals surface area contributed by atoms with Gasteiger partial charge < -0.3 is 0 Å². The first-order valence-corrected chi connectivity index (χ1v) is 3.20. The van der Waals surface area contributed by atoms with Crippen LogP contribution in [0.15, 0.2) is 24.4 Å². The van der Waals surface area contributed by atoms with E-state index in [1.54, 1.807) is 6.20 Å². The van der Waals surface area contributed by atoms with Crippen molar-refractivity contribution < 1.29 is 0 Å². The van der Waals surface area contributed by atoms with E-state index < -0.39 is 0 Å². The molecule has 1 radical (unpaired) electrons. The lowest BCUT2D eigenvalue weighted by Gasteiger charge is -2.06. The van der Waals surface area contributed by atoms with E-state index in [-0.39, 0.29) is 0 Å². The lowest BCUT2D eigenvalue weighted by atomic mass is 10.3. The Morgan fingerprint density at radius 1 is 1.60 bits per heavy atom. The van der Waals surface area contributed by atoms with Gasteiger partial charge in [0.15, 0.2) is 0 Å². The summed E-state index contributed by atoms with van der Waals surface area (Å²) in [6.45, 7) is 0.806. The third-order valence-corrected chi connectivity index (χ3v) is 1.16. The van der Waals surface area contributed by atoms with E-state index in [2.05, 4.69) is 12.0 Å². The number of aromatic nitrogens is 1. The number of rotatable bonds is 2. The predicted octanol–water partition coefficient (Wildman–Crippen LogP) is 1.30. The van der Waals surface area contributed by atoms with Crippen LogP contribution in [-0.4, -0.2) is 16.9 Å². The maximum atomic E-state index is 4.14. The number of hydrogen-bond acceptors (Lipinski definition) is 2. The molecule has 2 nitrogen and oxygen atoms in total. The Balaban J connectivity index is 2.59. The molecule has 0 atom stereocenters. The SMILES string of the molecule is [CH2]N(C)Cc1ccccn1. The molecule has 1 rings (SSSR count). The second kappa shape index (κ2) is 3.32. The van der Waals surface area contributed by atoms with Crippen LogP contribution in [-0.2, 0) is 6.54 Å². The van der Waals surface area contributed by atoms with Gasteiger partial charge >= 0.3 is 0 Å². The second-order valence-electron chi connectivity index (χ2n) is 2.34. The van der Waals surface area contributed by atoms with E-state index in [9.17, 15) is 0 Å². The van der Waals surface area contributed by atoms with Crippen molar-refractivity contribution in [3.8, 4) is 0 Å². The summed E-state index contributed by atoms with van der Waals surface area (Å²) in [5.41, 5.74) is 1.06. The Labute approximate surface area is 61.5 Å². The lowest BCUT2D eigenvalue weighted by Crippen LogP contribution is -2.08. The maximum absolute atomic E-state index is 4.14. The van der Waals surface area contributed by atoms with Gasteiger partial charge in [-0.05, 0) is 19.2 Å². The molecule has 0 aliphatic carbocycles. The summed E-state index contributed by atoms with van der Waals surface area (Å²) in [6, 6.07) is 5.88. The van der Waals surface area contributed by atoms with E-state index in [4.69, 9.17) is 0 Å². The minimum atomic E-state index is 0.806. The second-order valence-corrected chi connectivity index (χ2v) is 2.34. The number of pyridine rings is 1. The van der Waals surface area contributed by atoms with Crippen molar-refractivity contribution in [3.63, 3.8) is 0 Å².